The Labute approximate surface area is 169 Å². The van der Waals surface area contributed by atoms with E-state index in [2.05, 4.69) is 15.6 Å². The lowest BCUT2D eigenvalue weighted by Crippen LogP contribution is -2.46. The Balaban J connectivity index is 1.52. The van der Waals surface area contributed by atoms with Gasteiger partial charge in [-0.25, -0.2) is 0 Å². The number of hydrogen-bond acceptors (Lipinski definition) is 5. The van der Waals surface area contributed by atoms with Crippen molar-refractivity contribution in [1.29, 1.82) is 0 Å². The third kappa shape index (κ3) is 5.10. The number of pyridine rings is 1. The normalized spacial score (nSPS) is 17.0. The van der Waals surface area contributed by atoms with E-state index in [0.29, 0.717) is 18.0 Å². The molecule has 1 aliphatic heterocycles. The standard InChI is InChI=1S/C21H24N4O4/c1-14(20(27)23-12-15-7-9-22-10-8-15)24-21(28)16-11-19(26)25(13-16)17-3-5-18(29-2)6-4-17/h3-10,14,16H,11-13H2,1-2H3,(H,23,27)(H,24,28)/t14-,16+/m0/s1. The van der Waals surface area contributed by atoms with Gasteiger partial charge in [0.05, 0.1) is 13.0 Å². The molecule has 8 nitrogen and oxygen atoms in total. The molecule has 8 heteroatoms. The lowest BCUT2D eigenvalue weighted by atomic mass is 10.1. The third-order valence-corrected chi connectivity index (χ3v) is 4.85. The van der Waals surface area contributed by atoms with E-state index < -0.39 is 12.0 Å². The molecule has 1 saturated heterocycles. The van der Waals surface area contributed by atoms with Crippen LogP contribution >= 0.6 is 0 Å². The van der Waals surface area contributed by atoms with Crippen LogP contribution in [0.3, 0.4) is 0 Å². The summed E-state index contributed by atoms with van der Waals surface area (Å²) in [6, 6.07) is 10.0. The van der Waals surface area contributed by atoms with Crippen LogP contribution in [-0.4, -0.2) is 42.4 Å². The van der Waals surface area contributed by atoms with Crippen LogP contribution in [0.5, 0.6) is 5.75 Å². The number of methoxy groups -OCH3 is 1. The molecule has 3 amide bonds. The number of carbonyl (C=O) groups is 3. The first-order valence-corrected chi connectivity index (χ1v) is 9.39. The molecule has 1 aromatic heterocycles. The monoisotopic (exact) mass is 396 g/mol. The number of ether oxygens (including phenoxy) is 1. The fraction of sp³-hybridized carbons (Fsp3) is 0.333. The molecule has 0 radical (unpaired) electrons. The Morgan fingerprint density at radius 2 is 1.90 bits per heavy atom. The second-order valence-corrected chi connectivity index (χ2v) is 6.91. The molecule has 0 bridgehead atoms. The van der Waals surface area contributed by atoms with Crippen molar-refractivity contribution in [2.24, 2.45) is 5.92 Å². The van der Waals surface area contributed by atoms with Gasteiger partial charge in [0.15, 0.2) is 0 Å². The zero-order valence-corrected chi connectivity index (χ0v) is 16.4. The van der Waals surface area contributed by atoms with Crippen LogP contribution in [0.15, 0.2) is 48.8 Å². The molecule has 2 atom stereocenters. The predicted molar refractivity (Wildman–Crippen MR) is 107 cm³/mol. The smallest absolute Gasteiger partial charge is 0.242 e. The predicted octanol–water partition coefficient (Wildman–Crippen LogP) is 1.26. The van der Waals surface area contributed by atoms with E-state index in [4.69, 9.17) is 4.74 Å². The molecule has 0 saturated carbocycles. The second-order valence-electron chi connectivity index (χ2n) is 6.91. The van der Waals surface area contributed by atoms with Gasteiger partial charge >= 0.3 is 0 Å². The highest BCUT2D eigenvalue weighted by Crippen LogP contribution is 2.27. The van der Waals surface area contributed by atoms with Gasteiger partial charge in [-0.1, -0.05) is 0 Å². The lowest BCUT2D eigenvalue weighted by molar-refractivity contribution is -0.131. The molecule has 1 fully saturated rings. The van der Waals surface area contributed by atoms with Crippen molar-refractivity contribution in [3.63, 3.8) is 0 Å². The van der Waals surface area contributed by atoms with Gasteiger partial charge in [0.1, 0.15) is 11.8 Å². The van der Waals surface area contributed by atoms with Crippen LogP contribution in [0, 0.1) is 5.92 Å². The minimum atomic E-state index is -0.700. The van der Waals surface area contributed by atoms with E-state index in [9.17, 15) is 14.4 Å². The number of carbonyl (C=O) groups excluding carboxylic acids is 3. The number of nitrogens with one attached hydrogen (secondary N) is 2. The highest BCUT2D eigenvalue weighted by molar-refractivity contribution is 6.01. The molecule has 0 spiro atoms. The summed E-state index contributed by atoms with van der Waals surface area (Å²) in [5.41, 5.74) is 1.64. The summed E-state index contributed by atoms with van der Waals surface area (Å²) >= 11 is 0. The maximum absolute atomic E-state index is 12.6. The van der Waals surface area contributed by atoms with E-state index in [1.807, 2.05) is 0 Å². The van der Waals surface area contributed by atoms with Crippen molar-refractivity contribution in [3.8, 4) is 5.75 Å². The van der Waals surface area contributed by atoms with Gasteiger partial charge in [-0.05, 0) is 48.9 Å². The van der Waals surface area contributed by atoms with E-state index in [-0.39, 0.29) is 30.7 Å². The lowest BCUT2D eigenvalue weighted by Gasteiger charge is -2.18. The van der Waals surface area contributed by atoms with E-state index in [1.165, 1.54) is 0 Å². The number of benzene rings is 1. The summed E-state index contributed by atoms with van der Waals surface area (Å²) in [6.45, 7) is 2.26. The summed E-state index contributed by atoms with van der Waals surface area (Å²) in [4.78, 5) is 42.7. The Morgan fingerprint density at radius 1 is 1.21 bits per heavy atom. The number of amides is 3. The minimum absolute atomic E-state index is 0.114. The summed E-state index contributed by atoms with van der Waals surface area (Å²) in [5, 5.41) is 5.48. The van der Waals surface area contributed by atoms with Crippen LogP contribution in [0.4, 0.5) is 5.69 Å². The number of anilines is 1. The zero-order valence-electron chi connectivity index (χ0n) is 16.4. The van der Waals surface area contributed by atoms with Gasteiger partial charge < -0.3 is 20.3 Å². The van der Waals surface area contributed by atoms with Crippen molar-refractivity contribution in [3.05, 3.63) is 54.4 Å². The van der Waals surface area contributed by atoms with Crippen molar-refractivity contribution in [2.75, 3.05) is 18.6 Å². The molecule has 2 heterocycles. The van der Waals surface area contributed by atoms with Gasteiger partial charge in [0, 0.05) is 37.6 Å². The second kappa shape index (κ2) is 9.18. The average molecular weight is 396 g/mol. The van der Waals surface area contributed by atoms with Gasteiger partial charge in [-0.15, -0.1) is 0 Å². The topological polar surface area (TPSA) is 101 Å². The molecule has 3 rings (SSSR count). The van der Waals surface area contributed by atoms with Crippen molar-refractivity contribution < 1.29 is 19.1 Å². The molecule has 2 aromatic rings. The SMILES string of the molecule is COc1ccc(N2C[C@H](C(=O)N[C@@H](C)C(=O)NCc3ccncc3)CC2=O)cc1. The van der Waals surface area contributed by atoms with Crippen LogP contribution < -0.4 is 20.3 Å². The largest absolute Gasteiger partial charge is 0.497 e. The van der Waals surface area contributed by atoms with E-state index in [0.717, 1.165) is 5.56 Å². The maximum Gasteiger partial charge on any atom is 0.242 e. The Hall–Kier alpha value is -3.42. The summed E-state index contributed by atoms with van der Waals surface area (Å²) in [6.07, 6.45) is 3.42. The number of hydrogen-bond donors (Lipinski definition) is 2. The molecule has 0 unspecified atom stereocenters. The molecular weight excluding hydrogens is 372 g/mol. The molecule has 2 N–H and O–H groups in total. The first-order valence-electron chi connectivity index (χ1n) is 9.39. The van der Waals surface area contributed by atoms with Crippen LogP contribution in [0.2, 0.25) is 0 Å². The van der Waals surface area contributed by atoms with Gasteiger partial charge in [-0.3, -0.25) is 19.4 Å². The molecular formula is C21H24N4O4. The highest BCUT2D eigenvalue weighted by Gasteiger charge is 2.36. The maximum atomic E-state index is 12.6. The molecule has 152 valence electrons. The highest BCUT2D eigenvalue weighted by atomic mass is 16.5. The quantitative estimate of drug-likeness (QED) is 0.734. The summed E-state index contributed by atoms with van der Waals surface area (Å²) < 4.78 is 5.12. The van der Waals surface area contributed by atoms with Crippen molar-refractivity contribution in [1.82, 2.24) is 15.6 Å². The van der Waals surface area contributed by atoms with Gasteiger partial charge in [-0.2, -0.15) is 0 Å². The van der Waals surface area contributed by atoms with Gasteiger partial charge in [0.25, 0.3) is 0 Å². The summed E-state index contributed by atoms with van der Waals surface area (Å²) in [7, 11) is 1.57. The average Bonchev–Trinajstić information content (AvgIpc) is 3.14. The fourth-order valence-electron chi connectivity index (χ4n) is 3.13. The molecule has 1 aliphatic rings. The molecule has 1 aromatic carbocycles. The van der Waals surface area contributed by atoms with Crippen molar-refractivity contribution >= 4 is 23.4 Å². The van der Waals surface area contributed by atoms with E-state index >= 15 is 0 Å². The number of nitrogens with zero attached hydrogens (tertiary/aromatic N) is 2. The minimum Gasteiger partial charge on any atom is -0.497 e. The third-order valence-electron chi connectivity index (χ3n) is 4.85. The summed E-state index contributed by atoms with van der Waals surface area (Å²) in [5.74, 6) is -0.515. The first kappa shape index (κ1) is 20.3. The van der Waals surface area contributed by atoms with Crippen molar-refractivity contribution in [2.45, 2.75) is 25.9 Å². The molecule has 29 heavy (non-hydrogen) atoms. The first-order chi connectivity index (χ1) is 14.0. The van der Waals surface area contributed by atoms with Gasteiger partial charge in [0.2, 0.25) is 17.7 Å². The Morgan fingerprint density at radius 3 is 2.55 bits per heavy atom. The fourth-order valence-corrected chi connectivity index (χ4v) is 3.13. The number of rotatable bonds is 7. The van der Waals surface area contributed by atoms with Crippen LogP contribution in [-0.2, 0) is 20.9 Å². The van der Waals surface area contributed by atoms with E-state index in [1.54, 1.807) is 67.7 Å². The van der Waals surface area contributed by atoms with Crippen LogP contribution in [0.1, 0.15) is 18.9 Å². The Kier molecular flexibility index (Phi) is 6.43. The number of aromatic nitrogens is 1. The zero-order chi connectivity index (χ0) is 20.8. The molecule has 0 aliphatic carbocycles. The van der Waals surface area contributed by atoms with Crippen LogP contribution in [0.25, 0.3) is 0 Å². The Bertz CT molecular complexity index is 870.